The van der Waals surface area contributed by atoms with E-state index in [1.807, 2.05) is 6.92 Å². The molecule has 0 amide bonds. The smallest absolute Gasteiger partial charge is 0.306 e. The number of carbonyl (C=O) groups is 1. The van der Waals surface area contributed by atoms with Crippen LogP contribution in [0.1, 0.15) is 58.8 Å². The van der Waals surface area contributed by atoms with Crippen molar-refractivity contribution < 1.29 is 9.53 Å². The molecule has 0 aromatic carbocycles. The summed E-state index contributed by atoms with van der Waals surface area (Å²) in [5.74, 6) is -0.0291. The zero-order chi connectivity index (χ0) is 13.1. The lowest BCUT2D eigenvalue weighted by Crippen LogP contribution is -2.16. The van der Waals surface area contributed by atoms with E-state index < -0.39 is 0 Å². The Labute approximate surface area is 107 Å². The molecule has 0 unspecified atom stereocenters. The molecule has 1 atom stereocenters. The van der Waals surface area contributed by atoms with Crippen LogP contribution in [0, 0.1) is 0 Å². The SMILES string of the molecule is CCCCCC(=O)O[C@@H](C)CCCCN(C)C. The largest absolute Gasteiger partial charge is 0.463 e. The first-order valence-corrected chi connectivity index (χ1v) is 6.90. The van der Waals surface area contributed by atoms with Crippen molar-refractivity contribution in [2.24, 2.45) is 0 Å². The molecule has 0 saturated heterocycles. The van der Waals surface area contributed by atoms with Crippen LogP contribution < -0.4 is 0 Å². The second kappa shape index (κ2) is 10.6. The molecule has 0 aliphatic heterocycles. The summed E-state index contributed by atoms with van der Waals surface area (Å²) >= 11 is 0. The van der Waals surface area contributed by atoms with Crippen molar-refractivity contribution in [3.63, 3.8) is 0 Å². The number of unbranched alkanes of at least 4 members (excludes halogenated alkanes) is 3. The number of hydrogen-bond donors (Lipinski definition) is 0. The fraction of sp³-hybridized carbons (Fsp3) is 0.929. The molecule has 0 aromatic rings. The first kappa shape index (κ1) is 16.4. The van der Waals surface area contributed by atoms with Crippen molar-refractivity contribution in [3.05, 3.63) is 0 Å². The van der Waals surface area contributed by atoms with Crippen molar-refractivity contribution >= 4 is 5.97 Å². The topological polar surface area (TPSA) is 29.5 Å². The minimum absolute atomic E-state index is 0.0291. The van der Waals surface area contributed by atoms with Crippen LogP contribution in [0.5, 0.6) is 0 Å². The van der Waals surface area contributed by atoms with Crippen molar-refractivity contribution in [2.75, 3.05) is 20.6 Å². The molecular weight excluding hydrogens is 214 g/mol. The summed E-state index contributed by atoms with van der Waals surface area (Å²) in [6.07, 6.45) is 7.16. The molecule has 0 N–H and O–H groups in total. The van der Waals surface area contributed by atoms with Gasteiger partial charge in [-0.05, 0) is 53.2 Å². The van der Waals surface area contributed by atoms with Gasteiger partial charge in [-0.25, -0.2) is 0 Å². The van der Waals surface area contributed by atoms with Gasteiger partial charge in [0, 0.05) is 6.42 Å². The molecule has 0 aromatic heterocycles. The molecule has 102 valence electrons. The Balaban J connectivity index is 3.43. The fourth-order valence-electron chi connectivity index (χ4n) is 1.72. The van der Waals surface area contributed by atoms with Gasteiger partial charge in [-0.3, -0.25) is 4.79 Å². The van der Waals surface area contributed by atoms with Gasteiger partial charge in [-0.15, -0.1) is 0 Å². The maximum atomic E-state index is 11.4. The zero-order valence-electron chi connectivity index (χ0n) is 12.0. The average molecular weight is 243 g/mol. The lowest BCUT2D eigenvalue weighted by Gasteiger charge is -2.14. The average Bonchev–Trinajstić information content (AvgIpc) is 2.24. The van der Waals surface area contributed by atoms with E-state index in [4.69, 9.17) is 4.74 Å². The van der Waals surface area contributed by atoms with Crippen molar-refractivity contribution in [2.45, 2.75) is 64.9 Å². The molecule has 0 fully saturated rings. The zero-order valence-corrected chi connectivity index (χ0v) is 12.0. The van der Waals surface area contributed by atoms with Crippen LogP contribution in [0.3, 0.4) is 0 Å². The molecule has 0 radical (unpaired) electrons. The first-order chi connectivity index (χ1) is 8.06. The maximum Gasteiger partial charge on any atom is 0.306 e. The van der Waals surface area contributed by atoms with Crippen LogP contribution in [0.2, 0.25) is 0 Å². The Morgan fingerprint density at radius 1 is 1.18 bits per heavy atom. The van der Waals surface area contributed by atoms with E-state index in [0.29, 0.717) is 6.42 Å². The van der Waals surface area contributed by atoms with Gasteiger partial charge in [-0.1, -0.05) is 19.8 Å². The highest BCUT2D eigenvalue weighted by molar-refractivity contribution is 5.69. The van der Waals surface area contributed by atoms with Gasteiger partial charge in [0.25, 0.3) is 0 Å². The fourth-order valence-corrected chi connectivity index (χ4v) is 1.72. The number of ether oxygens (including phenoxy) is 1. The van der Waals surface area contributed by atoms with E-state index in [2.05, 4.69) is 25.9 Å². The predicted octanol–water partition coefficient (Wildman–Crippen LogP) is 3.23. The van der Waals surface area contributed by atoms with Gasteiger partial charge in [0.05, 0.1) is 6.10 Å². The van der Waals surface area contributed by atoms with Gasteiger partial charge >= 0.3 is 5.97 Å². The molecule has 3 heteroatoms. The van der Waals surface area contributed by atoms with Crippen LogP contribution in [0.4, 0.5) is 0 Å². The second-order valence-electron chi connectivity index (χ2n) is 5.06. The standard InChI is InChI=1S/C14H29NO2/c1-5-6-7-11-14(16)17-13(2)10-8-9-12-15(3)4/h13H,5-12H2,1-4H3/t13-/m0/s1. The van der Waals surface area contributed by atoms with Crippen LogP contribution in [-0.4, -0.2) is 37.6 Å². The van der Waals surface area contributed by atoms with Crippen LogP contribution in [0.15, 0.2) is 0 Å². The van der Waals surface area contributed by atoms with Gasteiger partial charge in [0.15, 0.2) is 0 Å². The van der Waals surface area contributed by atoms with Crippen molar-refractivity contribution in [1.29, 1.82) is 0 Å². The molecule has 3 nitrogen and oxygen atoms in total. The molecule has 0 aliphatic rings. The van der Waals surface area contributed by atoms with Crippen LogP contribution in [0.25, 0.3) is 0 Å². The van der Waals surface area contributed by atoms with E-state index in [1.54, 1.807) is 0 Å². The molecule has 0 aliphatic carbocycles. The summed E-state index contributed by atoms with van der Waals surface area (Å²) in [4.78, 5) is 13.6. The Hall–Kier alpha value is -0.570. The molecule has 0 rings (SSSR count). The number of nitrogens with zero attached hydrogens (tertiary/aromatic N) is 1. The lowest BCUT2D eigenvalue weighted by molar-refractivity contribution is -0.148. The molecule has 0 heterocycles. The third-order valence-corrected chi connectivity index (χ3v) is 2.78. The Bertz CT molecular complexity index is 193. The highest BCUT2D eigenvalue weighted by Crippen LogP contribution is 2.08. The van der Waals surface area contributed by atoms with E-state index >= 15 is 0 Å². The summed E-state index contributed by atoms with van der Waals surface area (Å²) in [6.45, 7) is 5.24. The van der Waals surface area contributed by atoms with Gasteiger partial charge in [-0.2, -0.15) is 0 Å². The van der Waals surface area contributed by atoms with E-state index in [-0.39, 0.29) is 12.1 Å². The first-order valence-electron chi connectivity index (χ1n) is 6.90. The van der Waals surface area contributed by atoms with Gasteiger partial charge < -0.3 is 9.64 Å². The van der Waals surface area contributed by atoms with Crippen molar-refractivity contribution in [1.82, 2.24) is 4.90 Å². The van der Waals surface area contributed by atoms with Crippen molar-refractivity contribution in [3.8, 4) is 0 Å². The summed E-state index contributed by atoms with van der Waals surface area (Å²) in [5, 5.41) is 0. The van der Waals surface area contributed by atoms with Gasteiger partial charge in [0.1, 0.15) is 0 Å². The normalized spacial score (nSPS) is 12.8. The monoisotopic (exact) mass is 243 g/mol. The Kier molecular flexibility index (Phi) is 10.2. The third-order valence-electron chi connectivity index (χ3n) is 2.78. The number of carbonyl (C=O) groups excluding carboxylic acids is 1. The number of esters is 1. The van der Waals surface area contributed by atoms with Crippen LogP contribution >= 0.6 is 0 Å². The summed E-state index contributed by atoms with van der Waals surface area (Å²) < 4.78 is 5.35. The predicted molar refractivity (Wildman–Crippen MR) is 72.1 cm³/mol. The minimum Gasteiger partial charge on any atom is -0.463 e. The number of hydrogen-bond acceptors (Lipinski definition) is 3. The highest BCUT2D eigenvalue weighted by atomic mass is 16.5. The van der Waals surface area contributed by atoms with Gasteiger partial charge in [0.2, 0.25) is 0 Å². The second-order valence-corrected chi connectivity index (χ2v) is 5.06. The molecular formula is C14H29NO2. The Morgan fingerprint density at radius 2 is 1.88 bits per heavy atom. The maximum absolute atomic E-state index is 11.4. The summed E-state index contributed by atoms with van der Waals surface area (Å²) in [7, 11) is 4.16. The Morgan fingerprint density at radius 3 is 2.47 bits per heavy atom. The molecule has 0 bridgehead atoms. The quantitative estimate of drug-likeness (QED) is 0.436. The highest BCUT2D eigenvalue weighted by Gasteiger charge is 2.08. The number of rotatable bonds is 10. The van der Waals surface area contributed by atoms with E-state index in [9.17, 15) is 4.79 Å². The van der Waals surface area contributed by atoms with E-state index in [0.717, 1.165) is 38.6 Å². The molecule has 0 spiro atoms. The van der Waals surface area contributed by atoms with E-state index in [1.165, 1.54) is 6.42 Å². The summed E-state index contributed by atoms with van der Waals surface area (Å²) in [6, 6.07) is 0. The third kappa shape index (κ3) is 11.7. The molecule has 17 heavy (non-hydrogen) atoms. The lowest BCUT2D eigenvalue weighted by atomic mass is 10.1. The molecule has 0 saturated carbocycles. The summed E-state index contributed by atoms with van der Waals surface area (Å²) in [5.41, 5.74) is 0. The van der Waals surface area contributed by atoms with Crippen LogP contribution in [-0.2, 0) is 9.53 Å². The minimum atomic E-state index is -0.0291.